The van der Waals surface area contributed by atoms with Crippen molar-refractivity contribution in [3.63, 3.8) is 0 Å². The van der Waals surface area contributed by atoms with Gasteiger partial charge in [-0.2, -0.15) is 0 Å². The van der Waals surface area contributed by atoms with Gasteiger partial charge in [0.15, 0.2) is 12.3 Å². The number of hydrogen-bond acceptors (Lipinski definition) is 7. The zero-order valence-corrected chi connectivity index (χ0v) is 13.9. The number of nitrogens with one attached hydrogen (secondary N) is 1. The van der Waals surface area contributed by atoms with Crippen LogP contribution < -0.4 is 11.2 Å². The van der Waals surface area contributed by atoms with Crippen LogP contribution in [0.3, 0.4) is 0 Å². The monoisotopic (exact) mass is 362 g/mol. The van der Waals surface area contributed by atoms with Gasteiger partial charge < -0.3 is 19.7 Å². The first-order valence-corrected chi connectivity index (χ1v) is 7.95. The van der Waals surface area contributed by atoms with E-state index in [1.165, 1.54) is 13.1 Å². The maximum atomic E-state index is 12.3. The second-order valence-corrected chi connectivity index (χ2v) is 5.95. The average molecular weight is 362 g/mol. The largest absolute Gasteiger partial charge is 0.451 e. The highest BCUT2D eigenvalue weighted by molar-refractivity contribution is 5.89. The first kappa shape index (κ1) is 18.1. The van der Waals surface area contributed by atoms with Gasteiger partial charge in [0.25, 0.3) is 5.56 Å². The Kier molecular flexibility index (Phi) is 5.03. The molecule has 0 radical (unpaired) electrons. The van der Waals surface area contributed by atoms with E-state index in [1.54, 1.807) is 30.3 Å². The molecule has 1 fully saturated rings. The standard InChI is InChI=1S/C17H18N2O7/c1-9-7-19(17(24)18-14(9)22)15-13(12(21)11(8-20)25-15)26-16(23)10-5-3-2-4-6-10/h2-7,11-13,15,20-21H,8H2,1H3,(H,18,22,24)/t11-,12-,13+,15+/m1/s1. The number of aliphatic hydroxyl groups is 2. The van der Waals surface area contributed by atoms with Crippen LogP contribution in [0.4, 0.5) is 0 Å². The van der Waals surface area contributed by atoms with Crippen LogP contribution >= 0.6 is 0 Å². The van der Waals surface area contributed by atoms with E-state index < -0.39 is 48.4 Å². The minimum atomic E-state index is -1.35. The summed E-state index contributed by atoms with van der Waals surface area (Å²) < 4.78 is 11.9. The summed E-state index contributed by atoms with van der Waals surface area (Å²) in [5, 5.41) is 19.7. The minimum absolute atomic E-state index is 0.239. The molecule has 3 rings (SSSR count). The van der Waals surface area contributed by atoms with Gasteiger partial charge in [0.05, 0.1) is 12.2 Å². The number of benzene rings is 1. The topological polar surface area (TPSA) is 131 Å². The van der Waals surface area contributed by atoms with E-state index in [0.717, 1.165) is 4.57 Å². The van der Waals surface area contributed by atoms with Crippen LogP contribution in [0.5, 0.6) is 0 Å². The van der Waals surface area contributed by atoms with Crippen molar-refractivity contribution in [1.82, 2.24) is 9.55 Å². The maximum absolute atomic E-state index is 12.3. The van der Waals surface area contributed by atoms with Crippen molar-refractivity contribution in [2.24, 2.45) is 0 Å². The van der Waals surface area contributed by atoms with E-state index in [0.29, 0.717) is 0 Å². The molecule has 1 aliphatic heterocycles. The maximum Gasteiger partial charge on any atom is 0.338 e. The van der Waals surface area contributed by atoms with Crippen LogP contribution in [0, 0.1) is 6.92 Å². The quantitative estimate of drug-likeness (QED) is 0.614. The zero-order chi connectivity index (χ0) is 18.8. The minimum Gasteiger partial charge on any atom is -0.451 e. The van der Waals surface area contributed by atoms with Crippen molar-refractivity contribution in [1.29, 1.82) is 0 Å². The number of rotatable bonds is 4. The molecule has 1 aromatic heterocycles. The molecule has 0 spiro atoms. The van der Waals surface area contributed by atoms with Crippen molar-refractivity contribution in [3.05, 3.63) is 68.5 Å². The molecular formula is C17H18N2O7. The van der Waals surface area contributed by atoms with E-state index in [1.807, 2.05) is 0 Å². The summed E-state index contributed by atoms with van der Waals surface area (Å²) in [4.78, 5) is 38.1. The second kappa shape index (κ2) is 7.24. The van der Waals surface area contributed by atoms with Crippen molar-refractivity contribution in [2.75, 3.05) is 6.61 Å². The van der Waals surface area contributed by atoms with Crippen molar-refractivity contribution in [3.8, 4) is 0 Å². The molecule has 138 valence electrons. The van der Waals surface area contributed by atoms with Gasteiger partial charge in [0.2, 0.25) is 0 Å². The fourth-order valence-electron chi connectivity index (χ4n) is 2.76. The molecule has 1 aromatic carbocycles. The zero-order valence-electron chi connectivity index (χ0n) is 13.9. The summed E-state index contributed by atoms with van der Waals surface area (Å²) in [6.07, 6.45) is -3.59. The van der Waals surface area contributed by atoms with Gasteiger partial charge in [-0.25, -0.2) is 9.59 Å². The van der Waals surface area contributed by atoms with Crippen LogP contribution in [-0.2, 0) is 9.47 Å². The number of nitrogens with zero attached hydrogens (tertiary/aromatic N) is 1. The number of aryl methyl sites for hydroxylation is 1. The highest BCUT2D eigenvalue weighted by atomic mass is 16.6. The lowest BCUT2D eigenvalue weighted by molar-refractivity contribution is -0.0604. The molecule has 0 unspecified atom stereocenters. The van der Waals surface area contributed by atoms with Crippen molar-refractivity contribution >= 4 is 5.97 Å². The lowest BCUT2D eigenvalue weighted by Crippen LogP contribution is -2.41. The van der Waals surface area contributed by atoms with Crippen molar-refractivity contribution in [2.45, 2.75) is 31.5 Å². The SMILES string of the molecule is Cc1cn([C@H]2O[C@H](CO)[C@@H](O)[C@@H]2OC(=O)c2ccccc2)c(=O)[nH]c1=O. The first-order chi connectivity index (χ1) is 12.4. The van der Waals surface area contributed by atoms with Gasteiger partial charge in [0, 0.05) is 11.8 Å². The summed E-state index contributed by atoms with van der Waals surface area (Å²) in [5.41, 5.74) is -0.836. The van der Waals surface area contributed by atoms with E-state index in [2.05, 4.69) is 4.98 Å². The Morgan fingerprint density at radius 3 is 2.65 bits per heavy atom. The first-order valence-electron chi connectivity index (χ1n) is 7.95. The third-order valence-electron chi connectivity index (χ3n) is 4.17. The summed E-state index contributed by atoms with van der Waals surface area (Å²) in [6, 6.07) is 8.13. The number of hydrogen-bond donors (Lipinski definition) is 3. The number of aliphatic hydroxyl groups excluding tert-OH is 2. The van der Waals surface area contributed by atoms with Gasteiger partial charge >= 0.3 is 11.7 Å². The van der Waals surface area contributed by atoms with Gasteiger partial charge in [-0.15, -0.1) is 0 Å². The Morgan fingerprint density at radius 2 is 2.00 bits per heavy atom. The molecule has 9 heteroatoms. The highest BCUT2D eigenvalue weighted by Gasteiger charge is 2.47. The second-order valence-electron chi connectivity index (χ2n) is 5.95. The van der Waals surface area contributed by atoms with Gasteiger partial charge in [-0.05, 0) is 19.1 Å². The summed E-state index contributed by atoms with van der Waals surface area (Å²) >= 11 is 0. The Balaban J connectivity index is 1.95. The molecule has 2 heterocycles. The average Bonchev–Trinajstić information content (AvgIpc) is 2.94. The molecule has 2 aromatic rings. The number of carbonyl (C=O) groups excluding carboxylic acids is 1. The molecular weight excluding hydrogens is 344 g/mol. The molecule has 26 heavy (non-hydrogen) atoms. The van der Waals surface area contributed by atoms with Crippen LogP contribution in [0.2, 0.25) is 0 Å². The predicted octanol–water partition coefficient (Wildman–Crippen LogP) is -0.679. The van der Waals surface area contributed by atoms with E-state index in [4.69, 9.17) is 9.47 Å². The number of esters is 1. The number of H-pyrrole nitrogens is 1. The fourth-order valence-corrected chi connectivity index (χ4v) is 2.76. The number of carbonyl (C=O) groups is 1. The third-order valence-corrected chi connectivity index (χ3v) is 4.17. The molecule has 0 amide bonds. The highest BCUT2D eigenvalue weighted by Crippen LogP contribution is 2.31. The molecule has 4 atom stereocenters. The Hall–Kier alpha value is -2.75. The van der Waals surface area contributed by atoms with Crippen LogP contribution in [0.1, 0.15) is 22.1 Å². The van der Waals surface area contributed by atoms with Crippen LogP contribution in [0.15, 0.2) is 46.1 Å². The van der Waals surface area contributed by atoms with Crippen molar-refractivity contribution < 1.29 is 24.5 Å². The van der Waals surface area contributed by atoms with E-state index >= 15 is 0 Å². The molecule has 0 aliphatic carbocycles. The van der Waals surface area contributed by atoms with Gasteiger partial charge in [-0.3, -0.25) is 14.3 Å². The van der Waals surface area contributed by atoms with Gasteiger partial charge in [0.1, 0.15) is 12.2 Å². The van der Waals surface area contributed by atoms with Crippen LogP contribution in [-0.4, -0.2) is 50.7 Å². The lowest BCUT2D eigenvalue weighted by Gasteiger charge is -2.22. The molecule has 0 bridgehead atoms. The Bertz CT molecular complexity index is 905. The Labute approximate surface area is 147 Å². The number of aromatic amines is 1. The fraction of sp³-hybridized carbons (Fsp3) is 0.353. The number of ether oxygens (including phenoxy) is 2. The smallest absolute Gasteiger partial charge is 0.338 e. The van der Waals surface area contributed by atoms with E-state index in [9.17, 15) is 24.6 Å². The summed E-state index contributed by atoms with van der Waals surface area (Å²) in [7, 11) is 0. The molecule has 1 aliphatic rings. The molecule has 1 saturated heterocycles. The summed E-state index contributed by atoms with van der Waals surface area (Å²) in [6.45, 7) is 0.961. The van der Waals surface area contributed by atoms with Crippen LogP contribution in [0.25, 0.3) is 0 Å². The normalized spacial score (nSPS) is 25.2. The Morgan fingerprint density at radius 1 is 1.31 bits per heavy atom. The summed E-state index contributed by atoms with van der Waals surface area (Å²) in [5.74, 6) is -0.712. The third kappa shape index (κ3) is 3.32. The lowest BCUT2D eigenvalue weighted by atomic mass is 10.1. The van der Waals surface area contributed by atoms with Gasteiger partial charge in [-0.1, -0.05) is 18.2 Å². The molecule has 0 saturated carbocycles. The molecule has 9 nitrogen and oxygen atoms in total. The predicted molar refractivity (Wildman–Crippen MR) is 88.7 cm³/mol. The number of aromatic nitrogens is 2. The van der Waals surface area contributed by atoms with E-state index in [-0.39, 0.29) is 11.1 Å². The molecule has 3 N–H and O–H groups in total.